The number of rotatable bonds is 5. The maximum Gasteiger partial charge on any atom is 0.307 e. The quantitative estimate of drug-likeness (QED) is 0.280. The lowest BCUT2D eigenvalue weighted by Gasteiger charge is -2.00. The molecule has 24 heavy (non-hydrogen) atoms. The number of thioether (sulfide) groups is 1. The van der Waals surface area contributed by atoms with Crippen LogP contribution in [0, 0.1) is 0 Å². The van der Waals surface area contributed by atoms with Crippen LogP contribution in [0.25, 0.3) is 5.69 Å². The van der Waals surface area contributed by atoms with Crippen LogP contribution in [0.5, 0.6) is 11.8 Å². The molecule has 3 aromatic rings. The molecule has 0 unspecified atom stereocenters. The maximum atomic E-state index is 12.3. The van der Waals surface area contributed by atoms with Crippen LogP contribution in [-0.4, -0.2) is 31.9 Å². The number of carbonyl (C=O) groups is 1. The number of ketones is 1. The van der Waals surface area contributed by atoms with E-state index in [9.17, 15) is 19.8 Å². The van der Waals surface area contributed by atoms with Crippen molar-refractivity contribution in [2.24, 2.45) is 0 Å². The molecule has 0 radical (unpaired) electrons. The van der Waals surface area contributed by atoms with E-state index in [0.717, 1.165) is 22.5 Å². The Hall–Kier alpha value is -3.14. The first kappa shape index (κ1) is 15.7. The number of Topliss-reactive ketones (excluding diaryl/α,β-unsaturated/α-hetero) is 1. The Morgan fingerprint density at radius 3 is 2.83 bits per heavy atom. The van der Waals surface area contributed by atoms with Gasteiger partial charge in [0.2, 0.25) is 17.4 Å². The summed E-state index contributed by atoms with van der Waals surface area (Å²) < 4.78 is 5.69. The maximum absolute atomic E-state index is 12.3. The van der Waals surface area contributed by atoms with Crippen molar-refractivity contribution in [1.82, 2.24) is 15.2 Å². The van der Waals surface area contributed by atoms with Gasteiger partial charge in [-0.3, -0.25) is 9.59 Å². The number of benzene rings is 1. The fraction of sp³-hybridized carbons (Fsp3) is 0.0714. The van der Waals surface area contributed by atoms with E-state index in [2.05, 4.69) is 19.8 Å². The minimum Gasteiger partial charge on any atom is -0.539 e. The van der Waals surface area contributed by atoms with E-state index in [1.165, 1.54) is 0 Å². The lowest BCUT2D eigenvalue weighted by atomic mass is 10.3. The van der Waals surface area contributed by atoms with E-state index in [-0.39, 0.29) is 16.6 Å². The fourth-order valence-corrected chi connectivity index (χ4v) is 2.65. The molecule has 0 fully saturated rings. The summed E-state index contributed by atoms with van der Waals surface area (Å²) in [5.74, 6) is -2.07. The van der Waals surface area contributed by atoms with Crippen LogP contribution in [0.3, 0.4) is 0 Å². The molecule has 0 aliphatic rings. The van der Waals surface area contributed by atoms with Crippen LogP contribution in [-0.2, 0) is 0 Å². The molecule has 0 aliphatic carbocycles. The number of carbonyl (C=O) groups excluding carboxylic acids is 1. The Morgan fingerprint density at radius 2 is 2.12 bits per heavy atom. The lowest BCUT2D eigenvalue weighted by Crippen LogP contribution is -2.39. The molecule has 2 aromatic heterocycles. The van der Waals surface area contributed by atoms with Gasteiger partial charge in [-0.2, -0.15) is 4.98 Å². The molecule has 0 saturated heterocycles. The van der Waals surface area contributed by atoms with Gasteiger partial charge in [-0.05, 0) is 4.68 Å². The normalized spacial score (nSPS) is 10.7. The van der Waals surface area contributed by atoms with Crippen LogP contribution in [0.4, 0.5) is 0 Å². The van der Waals surface area contributed by atoms with Crippen molar-refractivity contribution < 1.29 is 24.2 Å². The van der Waals surface area contributed by atoms with Gasteiger partial charge in [0.15, 0.2) is 11.1 Å². The molecule has 2 heterocycles. The zero-order valence-electron chi connectivity index (χ0n) is 12.0. The first-order valence-electron chi connectivity index (χ1n) is 6.65. The second-order valence-electron chi connectivity index (χ2n) is 4.58. The monoisotopic (exact) mass is 346 g/mol. The second kappa shape index (κ2) is 6.54. The average Bonchev–Trinajstić information content (AvgIpc) is 2.94. The lowest BCUT2D eigenvalue weighted by molar-refractivity contribution is -0.672. The second-order valence-corrected chi connectivity index (χ2v) is 5.54. The highest BCUT2D eigenvalue weighted by Gasteiger charge is 2.27. The Kier molecular flexibility index (Phi) is 4.29. The van der Waals surface area contributed by atoms with Crippen molar-refractivity contribution in [3.05, 3.63) is 52.4 Å². The Morgan fingerprint density at radius 1 is 1.38 bits per heavy atom. The first-order valence-corrected chi connectivity index (χ1v) is 7.64. The Balaban J connectivity index is 1.83. The standard InChI is InChI=1S/C14H10N4O5S/c19-9(7-24-14-15-10(20)6-11(21)16-14)12-13(22)23-17-18(12)8-4-2-1-3-5-8/h1-6H,7H2,(H2-,15,16,17,19,20,21,22). The summed E-state index contributed by atoms with van der Waals surface area (Å²) in [5.41, 5.74) is -0.289. The zero-order chi connectivity index (χ0) is 17.1. The van der Waals surface area contributed by atoms with Crippen molar-refractivity contribution in [2.75, 3.05) is 5.75 Å². The van der Waals surface area contributed by atoms with Gasteiger partial charge in [-0.1, -0.05) is 30.0 Å². The predicted molar refractivity (Wildman–Crippen MR) is 79.1 cm³/mol. The summed E-state index contributed by atoms with van der Waals surface area (Å²) in [6.07, 6.45) is 0. The van der Waals surface area contributed by atoms with Gasteiger partial charge in [0.05, 0.1) is 17.1 Å². The van der Waals surface area contributed by atoms with Gasteiger partial charge in [0.25, 0.3) is 5.56 Å². The van der Waals surface area contributed by atoms with Crippen LogP contribution in [0.2, 0.25) is 0 Å². The minimum absolute atomic E-state index is 0.0588. The summed E-state index contributed by atoms with van der Waals surface area (Å²) in [5, 5.41) is 24.7. The summed E-state index contributed by atoms with van der Waals surface area (Å²) in [4.78, 5) is 29.6. The Labute approximate surface area is 138 Å². The van der Waals surface area contributed by atoms with Crippen LogP contribution in [0.15, 0.2) is 50.9 Å². The number of aromatic nitrogens is 4. The number of hydrogen-bond donors (Lipinski definition) is 2. The van der Waals surface area contributed by atoms with E-state index in [0.29, 0.717) is 5.69 Å². The molecular formula is C14H10N4O5S. The summed E-state index contributed by atoms with van der Waals surface area (Å²) >= 11 is 0.870. The highest BCUT2D eigenvalue weighted by molar-refractivity contribution is 7.99. The molecule has 0 aliphatic heterocycles. The van der Waals surface area contributed by atoms with Crippen LogP contribution < -0.4 is 15.3 Å². The van der Waals surface area contributed by atoms with Gasteiger partial charge in [-0.15, -0.1) is 0 Å². The van der Waals surface area contributed by atoms with Gasteiger partial charge in [0, 0.05) is 12.1 Å². The number of H-pyrrole nitrogens is 1. The molecule has 1 aromatic carbocycles. The highest BCUT2D eigenvalue weighted by Crippen LogP contribution is 2.18. The molecule has 0 atom stereocenters. The van der Waals surface area contributed by atoms with Crippen LogP contribution >= 0.6 is 11.8 Å². The molecule has 0 saturated carbocycles. The number of aromatic amines is 1. The molecule has 3 rings (SSSR count). The van der Waals surface area contributed by atoms with Crippen molar-refractivity contribution >= 4 is 17.5 Å². The number of para-hydroxylation sites is 1. The van der Waals surface area contributed by atoms with Gasteiger partial charge in [0.1, 0.15) is 0 Å². The number of aromatic hydroxyl groups is 1. The average molecular weight is 346 g/mol. The molecule has 9 nitrogen and oxygen atoms in total. The van der Waals surface area contributed by atoms with E-state index < -0.39 is 23.2 Å². The molecule has 122 valence electrons. The fourth-order valence-electron chi connectivity index (χ4n) is 1.92. The van der Waals surface area contributed by atoms with E-state index >= 15 is 0 Å². The first-order chi connectivity index (χ1) is 11.5. The third-order valence-electron chi connectivity index (χ3n) is 2.92. The third kappa shape index (κ3) is 3.27. The Bertz CT molecular complexity index is 938. The van der Waals surface area contributed by atoms with Crippen LogP contribution in [0.1, 0.15) is 10.5 Å². The summed E-state index contributed by atoms with van der Waals surface area (Å²) in [6.45, 7) is 0. The number of nitrogens with zero attached hydrogens (tertiary/aromatic N) is 3. The topological polar surface area (TPSA) is 136 Å². The predicted octanol–water partition coefficient (Wildman–Crippen LogP) is -0.211. The molecule has 10 heteroatoms. The molecule has 0 bridgehead atoms. The highest BCUT2D eigenvalue weighted by atomic mass is 32.2. The minimum atomic E-state index is -0.859. The van der Waals surface area contributed by atoms with E-state index in [1.54, 1.807) is 30.3 Å². The van der Waals surface area contributed by atoms with E-state index in [1.807, 2.05) is 0 Å². The third-order valence-corrected chi connectivity index (χ3v) is 3.80. The summed E-state index contributed by atoms with van der Waals surface area (Å²) in [7, 11) is 0. The number of hydrogen-bond acceptors (Lipinski definition) is 8. The smallest absolute Gasteiger partial charge is 0.307 e. The van der Waals surface area contributed by atoms with Crippen molar-refractivity contribution in [3.8, 4) is 17.5 Å². The van der Waals surface area contributed by atoms with Crippen molar-refractivity contribution in [2.45, 2.75) is 5.16 Å². The van der Waals surface area contributed by atoms with Gasteiger partial charge < -0.3 is 19.7 Å². The zero-order valence-corrected chi connectivity index (χ0v) is 12.8. The SMILES string of the molecule is O=C(CSc1nc(O)cc(=O)[nH]1)c1c([O-])on[n+]1-c1ccccc1. The number of nitrogens with one attached hydrogen (secondary N) is 1. The van der Waals surface area contributed by atoms with Gasteiger partial charge >= 0.3 is 5.69 Å². The van der Waals surface area contributed by atoms with Crippen molar-refractivity contribution in [1.29, 1.82) is 0 Å². The molecule has 2 N–H and O–H groups in total. The summed E-state index contributed by atoms with van der Waals surface area (Å²) in [6, 6.07) is 9.48. The van der Waals surface area contributed by atoms with Crippen molar-refractivity contribution in [3.63, 3.8) is 0 Å². The largest absolute Gasteiger partial charge is 0.539 e. The molecule has 0 spiro atoms. The van der Waals surface area contributed by atoms with Gasteiger partial charge in [-0.25, -0.2) is 0 Å². The van der Waals surface area contributed by atoms with E-state index in [4.69, 9.17) is 0 Å². The molecule has 0 amide bonds. The molecular weight excluding hydrogens is 336 g/mol.